The van der Waals surface area contributed by atoms with E-state index in [4.69, 9.17) is 0 Å². The molecule has 2 aromatic heterocycles. The third-order valence-corrected chi connectivity index (χ3v) is 3.93. The summed E-state index contributed by atoms with van der Waals surface area (Å²) >= 11 is 1.57. The number of nitriles is 1. The number of anilines is 2. The average molecular weight is 280 g/mol. The summed E-state index contributed by atoms with van der Waals surface area (Å²) in [5, 5.41) is 13.3. The first-order chi connectivity index (χ1) is 9.67. The molecule has 4 nitrogen and oxygen atoms in total. The Hall–Kier alpha value is -2.45. The van der Waals surface area contributed by atoms with E-state index >= 15 is 0 Å². The highest BCUT2D eigenvalue weighted by Gasteiger charge is 2.10. The van der Waals surface area contributed by atoms with Gasteiger partial charge in [-0.1, -0.05) is 23.5 Å². The minimum Gasteiger partial charge on any atom is -0.330 e. The number of hydrogen-bond donors (Lipinski definition) is 1. The summed E-state index contributed by atoms with van der Waals surface area (Å²) in [7, 11) is 0. The number of nitrogens with one attached hydrogen (secondary N) is 1. The second kappa shape index (κ2) is 4.91. The predicted molar refractivity (Wildman–Crippen MR) is 81.3 cm³/mol. The first kappa shape index (κ1) is 12.6. The van der Waals surface area contributed by atoms with Gasteiger partial charge in [-0.25, -0.2) is 4.98 Å². The Morgan fingerprint density at radius 2 is 2.00 bits per heavy atom. The van der Waals surface area contributed by atoms with Crippen LogP contribution in [-0.2, 0) is 0 Å². The number of hydrogen-bond acceptors (Lipinski definition) is 5. The van der Waals surface area contributed by atoms with Crippen molar-refractivity contribution >= 4 is 32.4 Å². The lowest BCUT2D eigenvalue weighted by Crippen LogP contribution is -1.99. The standard InChI is InChI=1S/C15H12N4S/c1-9-7-13(11(8-16)10(2)17-9)19-15-18-12-5-3-4-6-14(12)20-15/h3-7H,1-2H3,(H,17,18,19). The van der Waals surface area contributed by atoms with E-state index in [2.05, 4.69) is 21.4 Å². The number of pyridine rings is 1. The molecule has 0 aliphatic carbocycles. The summed E-state index contributed by atoms with van der Waals surface area (Å²) in [5.41, 5.74) is 3.90. The van der Waals surface area contributed by atoms with E-state index in [9.17, 15) is 5.26 Å². The summed E-state index contributed by atoms with van der Waals surface area (Å²) < 4.78 is 1.12. The van der Waals surface area contributed by atoms with Crippen LogP contribution in [0.2, 0.25) is 0 Å². The van der Waals surface area contributed by atoms with Crippen molar-refractivity contribution in [2.75, 3.05) is 5.32 Å². The van der Waals surface area contributed by atoms with E-state index < -0.39 is 0 Å². The molecule has 0 saturated carbocycles. The SMILES string of the molecule is Cc1cc(Nc2nc3ccccc3s2)c(C#N)c(C)n1. The van der Waals surface area contributed by atoms with Gasteiger partial charge in [-0.05, 0) is 32.0 Å². The Labute approximate surface area is 120 Å². The molecule has 0 bridgehead atoms. The van der Waals surface area contributed by atoms with Crippen LogP contribution in [-0.4, -0.2) is 9.97 Å². The van der Waals surface area contributed by atoms with E-state index in [-0.39, 0.29) is 0 Å². The molecule has 5 heteroatoms. The molecule has 0 aliphatic heterocycles. The molecule has 0 aliphatic rings. The van der Waals surface area contributed by atoms with Gasteiger partial charge in [-0.3, -0.25) is 4.98 Å². The second-order valence-electron chi connectivity index (χ2n) is 4.50. The molecule has 0 radical (unpaired) electrons. The summed E-state index contributed by atoms with van der Waals surface area (Å²) in [5.74, 6) is 0. The highest BCUT2D eigenvalue weighted by Crippen LogP contribution is 2.29. The van der Waals surface area contributed by atoms with Gasteiger partial charge in [0.1, 0.15) is 6.07 Å². The van der Waals surface area contributed by atoms with Crippen LogP contribution in [0.15, 0.2) is 30.3 Å². The van der Waals surface area contributed by atoms with E-state index in [0.717, 1.165) is 32.4 Å². The molecular formula is C15H12N4S. The van der Waals surface area contributed by atoms with Crippen LogP contribution < -0.4 is 5.32 Å². The third kappa shape index (κ3) is 2.22. The molecule has 0 saturated heterocycles. The lowest BCUT2D eigenvalue weighted by Gasteiger charge is -2.08. The molecule has 0 spiro atoms. The lowest BCUT2D eigenvalue weighted by atomic mass is 10.1. The molecule has 0 atom stereocenters. The highest BCUT2D eigenvalue weighted by molar-refractivity contribution is 7.22. The van der Waals surface area contributed by atoms with E-state index in [1.165, 1.54) is 0 Å². The van der Waals surface area contributed by atoms with Crippen molar-refractivity contribution in [3.63, 3.8) is 0 Å². The van der Waals surface area contributed by atoms with Gasteiger partial charge in [0.2, 0.25) is 0 Å². The molecule has 3 rings (SSSR count). The summed E-state index contributed by atoms with van der Waals surface area (Å²) in [4.78, 5) is 8.83. The maximum Gasteiger partial charge on any atom is 0.188 e. The Morgan fingerprint density at radius 3 is 2.75 bits per heavy atom. The summed E-state index contributed by atoms with van der Waals surface area (Å²) in [6, 6.07) is 12.0. The molecule has 0 amide bonds. The largest absolute Gasteiger partial charge is 0.330 e. The Bertz CT molecular complexity index is 796. The van der Waals surface area contributed by atoms with Crippen LogP contribution in [0, 0.1) is 25.2 Å². The number of benzene rings is 1. The van der Waals surface area contributed by atoms with Crippen molar-refractivity contribution < 1.29 is 0 Å². The summed E-state index contributed by atoms with van der Waals surface area (Å²) in [6.45, 7) is 3.76. The third-order valence-electron chi connectivity index (χ3n) is 2.98. The fraction of sp³-hybridized carbons (Fsp3) is 0.133. The van der Waals surface area contributed by atoms with Crippen LogP contribution in [0.3, 0.4) is 0 Å². The fourth-order valence-electron chi connectivity index (χ4n) is 2.11. The molecule has 2 heterocycles. The number of nitrogens with zero attached hydrogens (tertiary/aromatic N) is 3. The van der Waals surface area contributed by atoms with E-state index in [1.807, 2.05) is 44.2 Å². The zero-order chi connectivity index (χ0) is 14.1. The van der Waals surface area contributed by atoms with Crippen molar-refractivity contribution in [3.8, 4) is 6.07 Å². The van der Waals surface area contributed by atoms with Gasteiger partial charge >= 0.3 is 0 Å². The smallest absolute Gasteiger partial charge is 0.188 e. The monoisotopic (exact) mass is 280 g/mol. The average Bonchev–Trinajstić information content (AvgIpc) is 2.80. The number of aryl methyl sites for hydroxylation is 2. The number of aromatic nitrogens is 2. The molecule has 3 aromatic rings. The molecule has 98 valence electrons. The molecule has 0 unspecified atom stereocenters. The first-order valence-corrected chi connectivity index (χ1v) is 7.00. The highest BCUT2D eigenvalue weighted by atomic mass is 32.1. The van der Waals surface area contributed by atoms with E-state index in [1.54, 1.807) is 11.3 Å². The maximum atomic E-state index is 9.26. The van der Waals surface area contributed by atoms with E-state index in [0.29, 0.717) is 5.56 Å². The zero-order valence-electron chi connectivity index (χ0n) is 11.1. The topological polar surface area (TPSA) is 61.6 Å². The van der Waals surface area contributed by atoms with Crippen LogP contribution in [0.5, 0.6) is 0 Å². The Morgan fingerprint density at radius 1 is 1.20 bits per heavy atom. The quantitative estimate of drug-likeness (QED) is 0.772. The van der Waals surface area contributed by atoms with Crippen molar-refractivity contribution in [2.24, 2.45) is 0 Å². The van der Waals surface area contributed by atoms with Gasteiger partial charge in [0, 0.05) is 5.69 Å². The minimum absolute atomic E-state index is 0.565. The number of para-hydroxylation sites is 1. The zero-order valence-corrected chi connectivity index (χ0v) is 12.0. The fourth-order valence-corrected chi connectivity index (χ4v) is 2.99. The molecule has 0 fully saturated rings. The van der Waals surface area contributed by atoms with Gasteiger partial charge in [0.15, 0.2) is 5.13 Å². The lowest BCUT2D eigenvalue weighted by molar-refractivity contribution is 1.11. The molecular weight excluding hydrogens is 268 g/mol. The number of rotatable bonds is 2. The van der Waals surface area contributed by atoms with Crippen molar-refractivity contribution in [1.29, 1.82) is 5.26 Å². The van der Waals surface area contributed by atoms with Gasteiger partial charge in [0.05, 0.1) is 27.2 Å². The molecule has 1 N–H and O–H groups in total. The Balaban J connectivity index is 2.05. The van der Waals surface area contributed by atoms with Gasteiger partial charge in [-0.15, -0.1) is 0 Å². The summed E-state index contributed by atoms with van der Waals surface area (Å²) in [6.07, 6.45) is 0. The van der Waals surface area contributed by atoms with Crippen LogP contribution in [0.1, 0.15) is 17.0 Å². The van der Waals surface area contributed by atoms with Gasteiger partial charge in [-0.2, -0.15) is 5.26 Å². The number of thiazole rings is 1. The molecule has 1 aromatic carbocycles. The van der Waals surface area contributed by atoms with Crippen LogP contribution >= 0.6 is 11.3 Å². The van der Waals surface area contributed by atoms with Crippen LogP contribution in [0.4, 0.5) is 10.8 Å². The predicted octanol–water partition coefficient (Wildman–Crippen LogP) is 3.92. The molecule has 20 heavy (non-hydrogen) atoms. The minimum atomic E-state index is 0.565. The van der Waals surface area contributed by atoms with Crippen molar-refractivity contribution in [3.05, 3.63) is 47.3 Å². The number of fused-ring (bicyclic) bond motifs is 1. The van der Waals surface area contributed by atoms with Crippen LogP contribution in [0.25, 0.3) is 10.2 Å². The van der Waals surface area contributed by atoms with Crippen molar-refractivity contribution in [1.82, 2.24) is 9.97 Å². The second-order valence-corrected chi connectivity index (χ2v) is 5.53. The maximum absolute atomic E-state index is 9.26. The van der Waals surface area contributed by atoms with Gasteiger partial charge < -0.3 is 5.32 Å². The normalized spacial score (nSPS) is 10.4. The first-order valence-electron chi connectivity index (χ1n) is 6.18. The van der Waals surface area contributed by atoms with Gasteiger partial charge in [0.25, 0.3) is 0 Å². The van der Waals surface area contributed by atoms with Crippen molar-refractivity contribution in [2.45, 2.75) is 13.8 Å². The Kier molecular flexibility index (Phi) is 3.09.